The highest BCUT2D eigenvalue weighted by molar-refractivity contribution is 6.35. The van der Waals surface area contributed by atoms with Gasteiger partial charge in [-0.15, -0.1) is 0 Å². The molecule has 100 valence electrons. The van der Waals surface area contributed by atoms with E-state index in [9.17, 15) is 0 Å². The van der Waals surface area contributed by atoms with Gasteiger partial charge in [0.15, 0.2) is 0 Å². The summed E-state index contributed by atoms with van der Waals surface area (Å²) in [5.41, 5.74) is 1.12. The van der Waals surface area contributed by atoms with Gasteiger partial charge in [0.1, 0.15) is 0 Å². The molecule has 0 aliphatic heterocycles. The molecule has 1 nitrogen and oxygen atoms in total. The summed E-state index contributed by atoms with van der Waals surface area (Å²) < 4.78 is 0. The van der Waals surface area contributed by atoms with Crippen LogP contribution in [0.15, 0.2) is 18.2 Å². The minimum Gasteiger partial charge on any atom is -0.319 e. The zero-order chi connectivity index (χ0) is 13.0. The van der Waals surface area contributed by atoms with E-state index in [1.165, 1.54) is 25.7 Å². The lowest BCUT2D eigenvalue weighted by Gasteiger charge is -2.24. The van der Waals surface area contributed by atoms with Crippen LogP contribution in [0.25, 0.3) is 0 Å². The van der Waals surface area contributed by atoms with Crippen LogP contribution in [0.1, 0.15) is 31.2 Å². The van der Waals surface area contributed by atoms with Crippen LogP contribution in [0.5, 0.6) is 0 Å². The molecule has 1 N–H and O–H groups in total. The summed E-state index contributed by atoms with van der Waals surface area (Å²) in [5, 5.41) is 4.93. The number of benzene rings is 1. The molecule has 0 saturated heterocycles. The third-order valence-electron chi connectivity index (χ3n) is 4.06. The minimum atomic E-state index is 0.648. The molecule has 1 aliphatic carbocycles. The zero-order valence-electron chi connectivity index (χ0n) is 10.9. The van der Waals surface area contributed by atoms with Crippen molar-refractivity contribution in [1.29, 1.82) is 0 Å². The second-order valence-corrected chi connectivity index (χ2v) is 6.08. The molecule has 0 aromatic heterocycles. The fraction of sp³-hybridized carbons (Fsp3) is 0.600. The van der Waals surface area contributed by atoms with E-state index in [1.807, 2.05) is 25.2 Å². The minimum absolute atomic E-state index is 0.648. The molecular formula is C15H21Cl2N. The topological polar surface area (TPSA) is 12.0 Å². The van der Waals surface area contributed by atoms with Crippen molar-refractivity contribution >= 4 is 23.2 Å². The highest BCUT2D eigenvalue weighted by Crippen LogP contribution is 2.35. The lowest BCUT2D eigenvalue weighted by atomic mass is 9.85. The molecule has 0 spiro atoms. The standard InChI is InChI=1S/C15H21Cl2N/c1-18-10-12(11-5-2-3-6-11)9-13-14(16)7-4-8-15(13)17/h4,7-8,11-12,18H,2-3,5-6,9-10H2,1H3. The molecule has 1 atom stereocenters. The van der Waals surface area contributed by atoms with Gasteiger partial charge in [-0.3, -0.25) is 0 Å². The smallest absolute Gasteiger partial charge is 0.0452 e. The molecule has 0 bridgehead atoms. The maximum Gasteiger partial charge on any atom is 0.0452 e. The quantitative estimate of drug-likeness (QED) is 0.836. The Hall–Kier alpha value is -0.240. The maximum atomic E-state index is 6.28. The summed E-state index contributed by atoms with van der Waals surface area (Å²) in [6.07, 6.45) is 6.45. The van der Waals surface area contributed by atoms with E-state index in [0.29, 0.717) is 5.92 Å². The Kier molecular flexibility index (Phi) is 5.35. The van der Waals surface area contributed by atoms with E-state index >= 15 is 0 Å². The van der Waals surface area contributed by atoms with Crippen LogP contribution in [0.2, 0.25) is 10.0 Å². The van der Waals surface area contributed by atoms with Crippen LogP contribution in [-0.4, -0.2) is 13.6 Å². The third-order valence-corrected chi connectivity index (χ3v) is 4.77. The van der Waals surface area contributed by atoms with Gasteiger partial charge < -0.3 is 5.32 Å². The average molecular weight is 286 g/mol. The lowest BCUT2D eigenvalue weighted by molar-refractivity contribution is 0.328. The van der Waals surface area contributed by atoms with Crippen LogP contribution in [-0.2, 0) is 6.42 Å². The first kappa shape index (κ1) is 14.2. The van der Waals surface area contributed by atoms with E-state index in [-0.39, 0.29) is 0 Å². The van der Waals surface area contributed by atoms with Crippen molar-refractivity contribution in [3.8, 4) is 0 Å². The first-order valence-electron chi connectivity index (χ1n) is 6.80. The van der Waals surface area contributed by atoms with Gasteiger partial charge in [-0.05, 0) is 49.5 Å². The Bertz CT molecular complexity index is 366. The highest BCUT2D eigenvalue weighted by Gasteiger charge is 2.25. The molecule has 18 heavy (non-hydrogen) atoms. The second-order valence-electron chi connectivity index (χ2n) is 5.27. The number of halogens is 2. The molecule has 1 aliphatic rings. The summed E-state index contributed by atoms with van der Waals surface area (Å²) in [5.74, 6) is 1.47. The monoisotopic (exact) mass is 285 g/mol. The largest absolute Gasteiger partial charge is 0.319 e. The molecule has 1 aromatic carbocycles. The molecule has 1 fully saturated rings. The van der Waals surface area contributed by atoms with Gasteiger partial charge >= 0.3 is 0 Å². The predicted molar refractivity (Wildman–Crippen MR) is 79.5 cm³/mol. The van der Waals surface area contributed by atoms with E-state index in [4.69, 9.17) is 23.2 Å². The molecule has 1 unspecified atom stereocenters. The summed E-state index contributed by atoms with van der Waals surface area (Å²) in [7, 11) is 2.02. The average Bonchev–Trinajstić information content (AvgIpc) is 2.86. The van der Waals surface area contributed by atoms with Crippen LogP contribution in [0.3, 0.4) is 0 Å². The number of rotatable bonds is 5. The molecule has 1 aromatic rings. The van der Waals surface area contributed by atoms with Crippen molar-refractivity contribution in [2.75, 3.05) is 13.6 Å². The van der Waals surface area contributed by atoms with Crippen molar-refractivity contribution in [3.05, 3.63) is 33.8 Å². The fourth-order valence-electron chi connectivity index (χ4n) is 3.09. The Labute approximate surface area is 120 Å². The van der Waals surface area contributed by atoms with Crippen molar-refractivity contribution < 1.29 is 0 Å². The first-order chi connectivity index (χ1) is 8.72. The van der Waals surface area contributed by atoms with Crippen LogP contribution in [0, 0.1) is 11.8 Å². The zero-order valence-corrected chi connectivity index (χ0v) is 12.4. The number of nitrogens with one attached hydrogen (secondary N) is 1. The van der Waals surface area contributed by atoms with Gasteiger partial charge in [0.2, 0.25) is 0 Å². The van der Waals surface area contributed by atoms with Gasteiger partial charge in [-0.1, -0.05) is 55.0 Å². The molecule has 1 saturated carbocycles. The summed E-state index contributed by atoms with van der Waals surface area (Å²) in [4.78, 5) is 0. The van der Waals surface area contributed by atoms with Crippen LogP contribution in [0.4, 0.5) is 0 Å². The summed E-state index contributed by atoms with van der Waals surface area (Å²) >= 11 is 12.6. The van der Waals surface area contributed by atoms with Gasteiger partial charge in [-0.25, -0.2) is 0 Å². The van der Waals surface area contributed by atoms with Crippen molar-refractivity contribution in [2.45, 2.75) is 32.1 Å². The first-order valence-corrected chi connectivity index (χ1v) is 7.55. The van der Waals surface area contributed by atoms with Gasteiger partial charge in [0.25, 0.3) is 0 Å². The Morgan fingerprint density at radius 3 is 2.39 bits per heavy atom. The summed E-state index contributed by atoms with van der Waals surface area (Å²) in [6.45, 7) is 1.05. The molecule has 0 radical (unpaired) electrons. The Balaban J connectivity index is 2.12. The molecular weight excluding hydrogens is 265 g/mol. The van der Waals surface area contributed by atoms with E-state index < -0.39 is 0 Å². The van der Waals surface area contributed by atoms with Gasteiger partial charge in [-0.2, -0.15) is 0 Å². The van der Waals surface area contributed by atoms with Crippen molar-refractivity contribution in [3.63, 3.8) is 0 Å². The van der Waals surface area contributed by atoms with Crippen molar-refractivity contribution in [2.24, 2.45) is 11.8 Å². The molecule has 0 amide bonds. The molecule has 2 rings (SSSR count). The maximum absolute atomic E-state index is 6.28. The van der Waals surface area contributed by atoms with E-state index in [0.717, 1.165) is 34.5 Å². The number of hydrogen-bond donors (Lipinski definition) is 1. The van der Waals surface area contributed by atoms with E-state index in [2.05, 4.69) is 5.32 Å². The van der Waals surface area contributed by atoms with Gasteiger partial charge in [0.05, 0.1) is 0 Å². The van der Waals surface area contributed by atoms with Crippen LogP contribution < -0.4 is 5.32 Å². The number of hydrogen-bond acceptors (Lipinski definition) is 1. The SMILES string of the molecule is CNCC(Cc1c(Cl)cccc1Cl)C1CCCC1. The normalized spacial score (nSPS) is 18.2. The lowest BCUT2D eigenvalue weighted by Crippen LogP contribution is -2.26. The second kappa shape index (κ2) is 6.79. The van der Waals surface area contributed by atoms with E-state index in [1.54, 1.807) is 0 Å². The Morgan fingerprint density at radius 2 is 1.83 bits per heavy atom. The van der Waals surface area contributed by atoms with Crippen molar-refractivity contribution in [1.82, 2.24) is 5.32 Å². The predicted octanol–water partition coefficient (Wildman–Crippen LogP) is 4.56. The fourth-order valence-corrected chi connectivity index (χ4v) is 3.64. The molecule has 3 heteroatoms. The third kappa shape index (κ3) is 3.40. The van der Waals surface area contributed by atoms with Gasteiger partial charge in [0, 0.05) is 10.0 Å². The Morgan fingerprint density at radius 1 is 1.22 bits per heavy atom. The summed E-state index contributed by atoms with van der Waals surface area (Å²) in [6, 6.07) is 5.79. The van der Waals surface area contributed by atoms with Crippen LogP contribution >= 0.6 is 23.2 Å². The molecule has 0 heterocycles. The highest BCUT2D eigenvalue weighted by atomic mass is 35.5.